The Hall–Kier alpha value is -4.60. The molecule has 5 heterocycles. The summed E-state index contributed by atoms with van der Waals surface area (Å²) >= 11 is 8.42. The first kappa shape index (κ1) is 41.1. The molecule has 5 aromatic rings. The average molecular weight is 900 g/mol. The molecule has 2 atom stereocenters. The SMILES string of the molecule is COc1cc(N2CCC(CNCc3ccc4c(c3)CN(C3CCC(=O)NC3=O)C4S)CC2)c(C)cc1Nc1ncc(Br)c(Nc2ccc3nccnc3c2P(C)(C)=O)n1. The second-order valence-corrected chi connectivity index (χ2v) is 20.3. The van der Waals surface area contributed by atoms with Gasteiger partial charge in [0.25, 0.3) is 0 Å². The van der Waals surface area contributed by atoms with Crippen LogP contribution in [0, 0.1) is 12.8 Å². The normalized spacial score (nSPS) is 18.8. The number of aryl methyl sites for hydroxylation is 1. The maximum atomic E-state index is 13.5. The van der Waals surface area contributed by atoms with Crippen molar-refractivity contribution in [1.29, 1.82) is 0 Å². The molecule has 2 amide bonds. The Balaban J connectivity index is 0.872. The minimum atomic E-state index is -2.77. The summed E-state index contributed by atoms with van der Waals surface area (Å²) in [5.41, 5.74) is 8.43. The fraction of sp³-hybridized carbons (Fsp3) is 0.381. The quantitative estimate of drug-likeness (QED) is 0.0506. The van der Waals surface area contributed by atoms with E-state index in [0.29, 0.717) is 69.3 Å². The molecule has 0 spiro atoms. The maximum absolute atomic E-state index is 13.5. The number of ether oxygens (including phenoxy) is 1. The van der Waals surface area contributed by atoms with Gasteiger partial charge in [-0.05, 0) is 108 Å². The number of imide groups is 1. The number of thiol groups is 1. The number of hydrogen-bond donors (Lipinski definition) is 5. The van der Waals surface area contributed by atoms with Crippen molar-refractivity contribution in [2.75, 3.05) is 55.6 Å². The number of methoxy groups -OCH3 is 1. The molecule has 2 unspecified atom stereocenters. The monoisotopic (exact) mass is 898 g/mol. The van der Waals surface area contributed by atoms with Crippen molar-refractivity contribution in [3.8, 4) is 5.75 Å². The predicted octanol–water partition coefficient (Wildman–Crippen LogP) is 6.79. The number of carbonyl (C=O) groups is 2. The Morgan fingerprint density at radius 2 is 1.80 bits per heavy atom. The van der Waals surface area contributed by atoms with E-state index in [1.165, 1.54) is 11.1 Å². The number of anilines is 5. The molecular formula is C42H48BrN10O4PS. The van der Waals surface area contributed by atoms with Crippen molar-refractivity contribution in [3.05, 3.63) is 87.8 Å². The Labute approximate surface area is 357 Å². The number of nitrogens with one attached hydrogen (secondary N) is 4. The van der Waals surface area contributed by atoms with Gasteiger partial charge in [0.2, 0.25) is 17.8 Å². The number of amides is 2. The van der Waals surface area contributed by atoms with Gasteiger partial charge in [-0.2, -0.15) is 17.6 Å². The van der Waals surface area contributed by atoms with Crippen molar-refractivity contribution in [2.45, 2.75) is 57.1 Å². The number of benzene rings is 3. The van der Waals surface area contributed by atoms with Crippen LogP contribution in [0.4, 0.5) is 28.8 Å². The number of aromatic nitrogens is 4. The molecule has 2 fully saturated rings. The lowest BCUT2D eigenvalue weighted by atomic mass is 9.95. The molecule has 0 radical (unpaired) electrons. The molecule has 59 heavy (non-hydrogen) atoms. The Morgan fingerprint density at radius 3 is 2.56 bits per heavy atom. The van der Waals surface area contributed by atoms with Crippen LogP contribution < -0.4 is 36.2 Å². The van der Waals surface area contributed by atoms with E-state index in [9.17, 15) is 14.2 Å². The van der Waals surface area contributed by atoms with Gasteiger partial charge in [-0.15, -0.1) is 0 Å². The van der Waals surface area contributed by atoms with Gasteiger partial charge in [-0.1, -0.05) is 18.2 Å². The topological polar surface area (TPSA) is 167 Å². The van der Waals surface area contributed by atoms with E-state index < -0.39 is 7.14 Å². The molecule has 2 aromatic heterocycles. The van der Waals surface area contributed by atoms with Crippen LogP contribution in [0.15, 0.2) is 65.5 Å². The third kappa shape index (κ3) is 8.83. The summed E-state index contributed by atoms with van der Waals surface area (Å²) in [4.78, 5) is 46.9. The van der Waals surface area contributed by atoms with Crippen LogP contribution in [0.25, 0.3) is 11.0 Å². The molecule has 3 aliphatic rings. The van der Waals surface area contributed by atoms with Gasteiger partial charge < -0.3 is 30.2 Å². The number of piperidine rings is 2. The number of halogens is 1. The lowest BCUT2D eigenvalue weighted by Crippen LogP contribution is -2.51. The summed E-state index contributed by atoms with van der Waals surface area (Å²) in [6.45, 7) is 9.79. The van der Waals surface area contributed by atoms with E-state index in [0.717, 1.165) is 61.5 Å². The second-order valence-electron chi connectivity index (χ2n) is 15.8. The van der Waals surface area contributed by atoms with E-state index in [-0.39, 0.29) is 23.2 Å². The molecule has 3 aliphatic heterocycles. The van der Waals surface area contributed by atoms with E-state index in [1.54, 1.807) is 39.0 Å². The van der Waals surface area contributed by atoms with Gasteiger partial charge in [0.05, 0.1) is 45.2 Å². The number of carbonyl (C=O) groups excluding carboxylic acids is 2. The van der Waals surface area contributed by atoms with E-state index in [2.05, 4.69) is 99.2 Å². The summed E-state index contributed by atoms with van der Waals surface area (Å²) in [6, 6.07) is 14.0. The Morgan fingerprint density at radius 1 is 1.00 bits per heavy atom. The summed E-state index contributed by atoms with van der Waals surface area (Å²) in [5, 5.41) is 13.3. The zero-order valence-electron chi connectivity index (χ0n) is 33.5. The molecule has 0 saturated carbocycles. The van der Waals surface area contributed by atoms with Crippen LogP contribution >= 0.6 is 35.7 Å². The van der Waals surface area contributed by atoms with Crippen molar-refractivity contribution in [2.24, 2.45) is 5.92 Å². The molecule has 0 aliphatic carbocycles. The summed E-state index contributed by atoms with van der Waals surface area (Å²) < 4.78 is 20.0. The van der Waals surface area contributed by atoms with Crippen LogP contribution in [-0.2, 0) is 27.2 Å². The minimum Gasteiger partial charge on any atom is -0.494 e. The van der Waals surface area contributed by atoms with Gasteiger partial charge in [0, 0.05) is 62.9 Å². The molecule has 14 nitrogen and oxygen atoms in total. The molecule has 3 aromatic carbocycles. The Bertz CT molecular complexity index is 2480. The van der Waals surface area contributed by atoms with Crippen LogP contribution in [-0.4, -0.2) is 82.8 Å². The van der Waals surface area contributed by atoms with Crippen molar-refractivity contribution in [3.63, 3.8) is 0 Å². The predicted molar refractivity (Wildman–Crippen MR) is 239 cm³/mol. The van der Waals surface area contributed by atoms with E-state index in [1.807, 2.05) is 12.1 Å². The van der Waals surface area contributed by atoms with Crippen molar-refractivity contribution in [1.82, 2.24) is 35.5 Å². The van der Waals surface area contributed by atoms with Crippen LogP contribution in [0.3, 0.4) is 0 Å². The smallest absolute Gasteiger partial charge is 0.243 e. The molecule has 308 valence electrons. The van der Waals surface area contributed by atoms with E-state index in [4.69, 9.17) is 22.3 Å². The summed E-state index contributed by atoms with van der Waals surface area (Å²) in [6.07, 6.45) is 7.92. The van der Waals surface area contributed by atoms with Gasteiger partial charge in [-0.25, -0.2) is 4.98 Å². The van der Waals surface area contributed by atoms with Gasteiger partial charge >= 0.3 is 0 Å². The molecule has 2 saturated heterocycles. The lowest BCUT2D eigenvalue weighted by Gasteiger charge is -2.35. The summed E-state index contributed by atoms with van der Waals surface area (Å²) in [5.74, 6) is 1.69. The maximum Gasteiger partial charge on any atom is 0.243 e. The Kier molecular flexibility index (Phi) is 12.0. The second kappa shape index (κ2) is 17.2. The van der Waals surface area contributed by atoms with E-state index >= 15 is 0 Å². The first-order chi connectivity index (χ1) is 28.4. The molecular weight excluding hydrogens is 851 g/mol. The standard InChI is InChI=1S/C42H48BrN10O4PS/c1-24-17-32(49-42-47-22-29(43)39(51-42)48-31-8-7-30-37(46-14-13-45-30)38(31)58(3,4)56)35(57-2)19-34(24)52-15-11-25(12-16-52)20-44-21-26-5-6-28-27(18-26)23-53(41(28)59)33-9-10-36(54)50-40(33)55/h5-8,13-14,17-19,22,25,33,41,44,59H,9-12,15-16,20-21,23H2,1-4H3,(H,50,54,55)(H2,47,48,49,51). The van der Waals surface area contributed by atoms with Crippen LogP contribution in [0.1, 0.15) is 53.3 Å². The van der Waals surface area contributed by atoms with Gasteiger partial charge in [0.15, 0.2) is 0 Å². The van der Waals surface area contributed by atoms with Crippen LogP contribution in [0.5, 0.6) is 5.75 Å². The van der Waals surface area contributed by atoms with Crippen molar-refractivity contribution >= 4 is 92.7 Å². The number of nitrogens with zero attached hydrogens (tertiary/aromatic N) is 6. The highest BCUT2D eigenvalue weighted by Crippen LogP contribution is 2.42. The fourth-order valence-electron chi connectivity index (χ4n) is 8.41. The fourth-order valence-corrected chi connectivity index (χ4v) is 10.6. The molecule has 17 heteroatoms. The average Bonchev–Trinajstić information content (AvgIpc) is 3.53. The molecule has 4 N–H and O–H groups in total. The summed E-state index contributed by atoms with van der Waals surface area (Å²) in [7, 11) is -1.10. The zero-order chi connectivity index (χ0) is 41.4. The molecule has 0 bridgehead atoms. The van der Waals surface area contributed by atoms with Gasteiger partial charge in [0.1, 0.15) is 24.2 Å². The number of fused-ring (bicyclic) bond motifs is 2. The molecule has 8 rings (SSSR count). The van der Waals surface area contributed by atoms with Crippen LogP contribution in [0.2, 0.25) is 0 Å². The minimum absolute atomic E-state index is 0.165. The van der Waals surface area contributed by atoms with Gasteiger partial charge in [-0.3, -0.25) is 29.8 Å². The zero-order valence-corrected chi connectivity index (χ0v) is 36.8. The lowest BCUT2D eigenvalue weighted by molar-refractivity contribution is -0.137. The third-order valence-corrected chi connectivity index (χ3v) is 14.1. The number of rotatable bonds is 12. The highest BCUT2D eigenvalue weighted by atomic mass is 79.9. The first-order valence-corrected chi connectivity index (χ1v) is 23.7. The van der Waals surface area contributed by atoms with Crippen molar-refractivity contribution < 1.29 is 18.9 Å². The third-order valence-electron chi connectivity index (χ3n) is 11.4. The first-order valence-electron chi connectivity index (χ1n) is 19.8. The number of hydrogen-bond acceptors (Lipinski definition) is 14. The highest BCUT2D eigenvalue weighted by Gasteiger charge is 2.39. The largest absolute Gasteiger partial charge is 0.494 e. The highest BCUT2D eigenvalue weighted by molar-refractivity contribution is 9.10.